The van der Waals surface area contributed by atoms with Gasteiger partial charge in [-0.15, -0.1) is 11.8 Å². The van der Waals surface area contributed by atoms with E-state index in [0.29, 0.717) is 21.4 Å². The van der Waals surface area contributed by atoms with E-state index < -0.39 is 16.5 Å². The standard InChI is InChI=1S/C20H17NO6S/c1-12-7-15-14(9-19(22)27-17(15)8-13(12)2)10-26-20(23)11-28-18-6-4-3-5-16(18)21(24)25/h3-9H,10-11H2,1-2H3. The van der Waals surface area contributed by atoms with Gasteiger partial charge in [0.2, 0.25) is 0 Å². The first kappa shape index (κ1) is 19.6. The van der Waals surface area contributed by atoms with Crippen molar-refractivity contribution in [2.75, 3.05) is 5.75 Å². The van der Waals surface area contributed by atoms with Crippen molar-refractivity contribution in [3.05, 3.63) is 79.7 Å². The number of fused-ring (bicyclic) bond motifs is 1. The molecule has 0 aliphatic carbocycles. The van der Waals surface area contributed by atoms with E-state index in [1.54, 1.807) is 24.3 Å². The molecule has 0 saturated carbocycles. The molecule has 7 nitrogen and oxygen atoms in total. The van der Waals surface area contributed by atoms with Gasteiger partial charge < -0.3 is 9.15 Å². The Bertz CT molecular complexity index is 1120. The van der Waals surface area contributed by atoms with E-state index in [4.69, 9.17) is 9.15 Å². The zero-order chi connectivity index (χ0) is 20.3. The van der Waals surface area contributed by atoms with Gasteiger partial charge in [0.15, 0.2) is 0 Å². The minimum atomic E-state index is -0.534. The molecular weight excluding hydrogens is 382 g/mol. The van der Waals surface area contributed by atoms with Crippen LogP contribution in [0.15, 0.2) is 56.6 Å². The number of nitro groups is 1. The highest BCUT2D eigenvalue weighted by atomic mass is 32.2. The molecule has 0 aliphatic heterocycles. The molecule has 0 aliphatic rings. The number of rotatable bonds is 6. The molecule has 0 N–H and O–H groups in total. The Kier molecular flexibility index (Phi) is 5.79. The number of hydrogen-bond donors (Lipinski definition) is 0. The van der Waals surface area contributed by atoms with Crippen LogP contribution in [0.1, 0.15) is 16.7 Å². The predicted molar refractivity (Wildman–Crippen MR) is 106 cm³/mol. The fourth-order valence-electron chi connectivity index (χ4n) is 2.67. The van der Waals surface area contributed by atoms with Crippen LogP contribution in [-0.4, -0.2) is 16.6 Å². The molecule has 0 saturated heterocycles. The number of nitrogens with zero attached hydrogens (tertiary/aromatic N) is 1. The molecule has 1 aromatic heterocycles. The lowest BCUT2D eigenvalue weighted by Gasteiger charge is -2.09. The maximum Gasteiger partial charge on any atom is 0.336 e. The van der Waals surface area contributed by atoms with Gasteiger partial charge in [0.25, 0.3) is 5.69 Å². The van der Waals surface area contributed by atoms with E-state index >= 15 is 0 Å². The molecule has 0 spiro atoms. The van der Waals surface area contributed by atoms with Gasteiger partial charge in [-0.2, -0.15) is 0 Å². The van der Waals surface area contributed by atoms with E-state index in [-0.39, 0.29) is 18.0 Å². The van der Waals surface area contributed by atoms with E-state index in [1.807, 2.05) is 19.9 Å². The second-order valence-corrected chi connectivity index (χ2v) is 7.21. The molecule has 144 valence electrons. The molecule has 0 atom stereocenters. The number of ether oxygens (including phenoxy) is 1. The largest absolute Gasteiger partial charge is 0.460 e. The summed E-state index contributed by atoms with van der Waals surface area (Å²) in [7, 11) is 0. The third-order valence-corrected chi connectivity index (χ3v) is 5.28. The molecule has 3 rings (SSSR count). The summed E-state index contributed by atoms with van der Waals surface area (Å²) >= 11 is 1.03. The highest BCUT2D eigenvalue weighted by molar-refractivity contribution is 8.00. The third-order valence-electron chi connectivity index (χ3n) is 4.24. The number of aryl methyl sites for hydroxylation is 2. The lowest BCUT2D eigenvalue weighted by atomic mass is 10.0. The van der Waals surface area contributed by atoms with Crippen molar-refractivity contribution in [3.8, 4) is 0 Å². The number of benzene rings is 2. The van der Waals surface area contributed by atoms with Gasteiger partial charge in [-0.05, 0) is 43.2 Å². The summed E-state index contributed by atoms with van der Waals surface area (Å²) in [6, 6.07) is 11.2. The lowest BCUT2D eigenvalue weighted by Crippen LogP contribution is -2.09. The Hall–Kier alpha value is -3.13. The van der Waals surface area contributed by atoms with E-state index in [9.17, 15) is 19.7 Å². The van der Waals surface area contributed by atoms with Gasteiger partial charge in [-0.1, -0.05) is 12.1 Å². The van der Waals surface area contributed by atoms with Crippen molar-refractivity contribution in [1.29, 1.82) is 0 Å². The summed E-state index contributed by atoms with van der Waals surface area (Å²) in [6.45, 7) is 3.78. The number of para-hydroxylation sites is 1. The second kappa shape index (κ2) is 8.26. The fourth-order valence-corrected chi connectivity index (χ4v) is 3.49. The molecule has 0 fully saturated rings. The minimum absolute atomic E-state index is 0.0576. The Morgan fingerprint density at radius 3 is 2.64 bits per heavy atom. The average Bonchev–Trinajstić information content (AvgIpc) is 2.66. The smallest absolute Gasteiger partial charge is 0.336 e. The van der Waals surface area contributed by atoms with Gasteiger partial charge in [0.1, 0.15) is 12.2 Å². The van der Waals surface area contributed by atoms with E-state index in [2.05, 4.69) is 0 Å². The van der Waals surface area contributed by atoms with E-state index in [1.165, 1.54) is 12.1 Å². The van der Waals surface area contributed by atoms with Crippen molar-refractivity contribution in [1.82, 2.24) is 0 Å². The van der Waals surface area contributed by atoms with Crippen molar-refractivity contribution in [3.63, 3.8) is 0 Å². The molecule has 0 bridgehead atoms. The first-order valence-electron chi connectivity index (χ1n) is 8.41. The van der Waals surface area contributed by atoms with Crippen LogP contribution < -0.4 is 5.63 Å². The zero-order valence-corrected chi connectivity index (χ0v) is 16.1. The summed E-state index contributed by atoms with van der Waals surface area (Å²) in [6.07, 6.45) is 0. The van der Waals surface area contributed by atoms with Crippen LogP contribution >= 0.6 is 11.8 Å². The third kappa shape index (κ3) is 4.40. The molecule has 1 heterocycles. The maximum absolute atomic E-state index is 12.1. The van der Waals surface area contributed by atoms with Crippen molar-refractivity contribution in [2.24, 2.45) is 0 Å². The number of hydrogen-bond acceptors (Lipinski definition) is 7. The molecule has 2 aromatic carbocycles. The quantitative estimate of drug-likeness (QED) is 0.202. The first-order chi connectivity index (χ1) is 13.3. The highest BCUT2D eigenvalue weighted by Crippen LogP contribution is 2.29. The minimum Gasteiger partial charge on any atom is -0.460 e. The van der Waals surface area contributed by atoms with Gasteiger partial charge in [0, 0.05) is 23.1 Å². The SMILES string of the molecule is Cc1cc2oc(=O)cc(COC(=O)CSc3ccccc3[N+](=O)[O-])c2cc1C. The molecule has 8 heteroatoms. The number of esters is 1. The maximum atomic E-state index is 12.1. The summed E-state index contributed by atoms with van der Waals surface area (Å²) in [5.74, 6) is -0.615. The fraction of sp³-hybridized carbons (Fsp3) is 0.200. The summed E-state index contributed by atoms with van der Waals surface area (Å²) in [5, 5.41) is 11.7. The van der Waals surface area contributed by atoms with E-state index in [0.717, 1.165) is 22.9 Å². The summed E-state index contributed by atoms with van der Waals surface area (Å²) in [5.41, 5.74) is 2.44. The Morgan fingerprint density at radius 1 is 1.18 bits per heavy atom. The molecule has 0 radical (unpaired) electrons. The topological polar surface area (TPSA) is 99.7 Å². The van der Waals surface area contributed by atoms with Crippen molar-refractivity contribution in [2.45, 2.75) is 25.3 Å². The number of carbonyl (C=O) groups excluding carboxylic acids is 1. The zero-order valence-electron chi connectivity index (χ0n) is 15.3. The predicted octanol–water partition coefficient (Wildman–Crippen LogP) is 4.15. The van der Waals surface area contributed by atoms with Crippen LogP contribution in [0.25, 0.3) is 11.0 Å². The monoisotopic (exact) mass is 399 g/mol. The lowest BCUT2D eigenvalue weighted by molar-refractivity contribution is -0.387. The average molecular weight is 399 g/mol. The molecule has 28 heavy (non-hydrogen) atoms. The van der Waals surface area contributed by atoms with Crippen LogP contribution in [0, 0.1) is 24.0 Å². The van der Waals surface area contributed by atoms with Crippen LogP contribution in [0.2, 0.25) is 0 Å². The van der Waals surface area contributed by atoms with Gasteiger partial charge >= 0.3 is 11.6 Å². The Morgan fingerprint density at radius 2 is 1.89 bits per heavy atom. The van der Waals surface area contributed by atoms with Gasteiger partial charge in [0.05, 0.1) is 15.6 Å². The highest BCUT2D eigenvalue weighted by Gasteiger charge is 2.15. The van der Waals surface area contributed by atoms with Gasteiger partial charge in [-0.3, -0.25) is 14.9 Å². The first-order valence-corrected chi connectivity index (χ1v) is 9.39. The van der Waals surface area contributed by atoms with Crippen molar-refractivity contribution < 1.29 is 18.9 Å². The molecule has 0 amide bonds. The summed E-state index contributed by atoms with van der Waals surface area (Å²) in [4.78, 5) is 34.8. The normalized spacial score (nSPS) is 10.8. The second-order valence-electron chi connectivity index (χ2n) is 6.20. The number of thioether (sulfide) groups is 1. The Balaban J connectivity index is 1.71. The number of nitro benzene ring substituents is 1. The van der Waals surface area contributed by atoms with Crippen molar-refractivity contribution >= 4 is 34.4 Å². The van der Waals surface area contributed by atoms with Crippen LogP contribution in [0.3, 0.4) is 0 Å². The summed E-state index contributed by atoms with van der Waals surface area (Å²) < 4.78 is 10.5. The van der Waals surface area contributed by atoms with Crippen LogP contribution in [0.4, 0.5) is 5.69 Å². The number of carbonyl (C=O) groups is 1. The molecular formula is C20H17NO6S. The molecule has 3 aromatic rings. The van der Waals surface area contributed by atoms with Gasteiger partial charge in [-0.25, -0.2) is 4.79 Å². The van der Waals surface area contributed by atoms with Crippen LogP contribution in [0.5, 0.6) is 0 Å². The Labute approximate surface area is 164 Å². The van der Waals surface area contributed by atoms with Crippen LogP contribution in [-0.2, 0) is 16.1 Å². The molecule has 0 unspecified atom stereocenters.